The number of hydrogen-bond acceptors (Lipinski definition) is 4. The third-order valence-corrected chi connectivity index (χ3v) is 4.59. The summed E-state index contributed by atoms with van der Waals surface area (Å²) < 4.78 is 39.8. The molecule has 0 bridgehead atoms. The fourth-order valence-corrected chi connectivity index (χ4v) is 3.33. The van der Waals surface area contributed by atoms with Gasteiger partial charge < -0.3 is 10.0 Å². The topological polar surface area (TPSA) is 71.2 Å². The maximum absolute atomic E-state index is 13.3. The number of carboxylic acids is 1. The van der Waals surface area contributed by atoms with E-state index in [0.29, 0.717) is 6.54 Å². The molecule has 3 rings (SSSR count). The van der Waals surface area contributed by atoms with Crippen LogP contribution in [0.3, 0.4) is 0 Å². The van der Waals surface area contributed by atoms with Crippen LogP contribution in [0.2, 0.25) is 0 Å². The van der Waals surface area contributed by atoms with Gasteiger partial charge >= 0.3 is 12.1 Å². The molecule has 1 aliphatic rings. The number of para-hydroxylation sites is 1. The predicted octanol–water partition coefficient (Wildman–Crippen LogP) is 3.75. The van der Waals surface area contributed by atoms with E-state index in [9.17, 15) is 23.1 Å². The van der Waals surface area contributed by atoms with Gasteiger partial charge in [0.2, 0.25) is 5.69 Å². The van der Waals surface area contributed by atoms with Crippen LogP contribution in [0.5, 0.6) is 0 Å². The highest BCUT2D eigenvalue weighted by Crippen LogP contribution is 2.34. The van der Waals surface area contributed by atoms with Crippen LogP contribution in [0.1, 0.15) is 48.7 Å². The Bertz CT molecular complexity index is 804. The first-order valence-electron chi connectivity index (χ1n) is 8.46. The van der Waals surface area contributed by atoms with Gasteiger partial charge in [-0.15, -0.1) is 15.0 Å². The Morgan fingerprint density at radius 3 is 2.65 bits per heavy atom. The molecule has 0 aliphatic carbocycles. The number of carboxylic acid groups (broad SMARTS) is 1. The highest BCUT2D eigenvalue weighted by atomic mass is 19.4. The molecule has 0 saturated carbocycles. The van der Waals surface area contributed by atoms with Gasteiger partial charge in [-0.1, -0.05) is 19.1 Å². The standard InChI is InChI=1S/C17H19F3N4O2/c1-2-11-7-5-6-10-23(11)15-14(16(25)26)21-24(22-15)13-9-4-3-8-12(13)17(18,19)20/h3-4,8-9,11H,2,5-7,10H2,1H3,(H,25,26). The van der Waals surface area contributed by atoms with Gasteiger partial charge in [-0.3, -0.25) is 0 Å². The van der Waals surface area contributed by atoms with Crippen LogP contribution >= 0.6 is 0 Å². The van der Waals surface area contributed by atoms with Crippen molar-refractivity contribution < 1.29 is 23.1 Å². The van der Waals surface area contributed by atoms with Gasteiger partial charge in [0.25, 0.3) is 0 Å². The Morgan fingerprint density at radius 2 is 2.00 bits per heavy atom. The molecule has 1 unspecified atom stereocenters. The quantitative estimate of drug-likeness (QED) is 0.890. The van der Waals surface area contributed by atoms with E-state index in [1.54, 1.807) is 0 Å². The third kappa shape index (κ3) is 3.38. The summed E-state index contributed by atoms with van der Waals surface area (Å²) in [6.45, 7) is 2.60. The lowest BCUT2D eigenvalue weighted by atomic mass is 10.00. The highest BCUT2D eigenvalue weighted by Gasteiger charge is 2.36. The Kier molecular flexibility index (Phi) is 4.88. The van der Waals surface area contributed by atoms with Gasteiger partial charge in [0.05, 0.1) is 11.3 Å². The monoisotopic (exact) mass is 368 g/mol. The van der Waals surface area contributed by atoms with Gasteiger partial charge in [-0.05, 0) is 37.8 Å². The first-order valence-corrected chi connectivity index (χ1v) is 8.46. The van der Waals surface area contributed by atoms with Crippen LogP contribution in [0.25, 0.3) is 5.69 Å². The van der Waals surface area contributed by atoms with Crippen molar-refractivity contribution in [1.82, 2.24) is 15.0 Å². The van der Waals surface area contributed by atoms with E-state index in [0.717, 1.165) is 36.5 Å². The average Bonchev–Trinajstić information content (AvgIpc) is 3.06. The van der Waals surface area contributed by atoms with Crippen LogP contribution in [-0.2, 0) is 6.18 Å². The lowest BCUT2D eigenvalue weighted by Gasteiger charge is -2.35. The number of aromatic carboxylic acids is 1. The summed E-state index contributed by atoms with van der Waals surface area (Å²) in [6.07, 6.45) is -0.999. The van der Waals surface area contributed by atoms with Crippen LogP contribution in [-0.4, -0.2) is 38.7 Å². The van der Waals surface area contributed by atoms with Crippen molar-refractivity contribution in [2.75, 3.05) is 11.4 Å². The maximum Gasteiger partial charge on any atom is 0.418 e. The maximum atomic E-state index is 13.3. The Hall–Kier alpha value is -2.58. The van der Waals surface area contributed by atoms with Gasteiger partial charge in [-0.25, -0.2) is 4.79 Å². The minimum absolute atomic E-state index is 0.102. The summed E-state index contributed by atoms with van der Waals surface area (Å²) in [7, 11) is 0. The Morgan fingerprint density at radius 1 is 1.27 bits per heavy atom. The number of benzene rings is 1. The summed E-state index contributed by atoms with van der Waals surface area (Å²) in [6, 6.07) is 4.96. The van der Waals surface area contributed by atoms with Gasteiger partial charge in [0.1, 0.15) is 0 Å². The summed E-state index contributed by atoms with van der Waals surface area (Å²) >= 11 is 0. The van der Waals surface area contributed by atoms with E-state index < -0.39 is 17.7 Å². The van der Waals surface area contributed by atoms with Crippen molar-refractivity contribution in [2.45, 2.75) is 44.8 Å². The van der Waals surface area contributed by atoms with Crippen molar-refractivity contribution in [1.29, 1.82) is 0 Å². The van der Waals surface area contributed by atoms with Crippen LogP contribution in [0.4, 0.5) is 19.0 Å². The smallest absolute Gasteiger partial charge is 0.418 e. The molecule has 1 fully saturated rings. The molecule has 0 amide bonds. The van der Waals surface area contributed by atoms with Gasteiger partial charge in [0.15, 0.2) is 5.82 Å². The minimum Gasteiger partial charge on any atom is -0.476 e. The van der Waals surface area contributed by atoms with Crippen LogP contribution < -0.4 is 4.90 Å². The van der Waals surface area contributed by atoms with Crippen molar-refractivity contribution in [3.8, 4) is 5.69 Å². The lowest BCUT2D eigenvalue weighted by molar-refractivity contribution is -0.137. The zero-order chi connectivity index (χ0) is 18.9. The van der Waals surface area contributed by atoms with Crippen molar-refractivity contribution in [3.05, 3.63) is 35.5 Å². The number of aromatic nitrogens is 3. The van der Waals surface area contributed by atoms with Crippen molar-refractivity contribution in [2.24, 2.45) is 0 Å². The van der Waals surface area contributed by atoms with E-state index in [-0.39, 0.29) is 23.2 Å². The van der Waals surface area contributed by atoms with Crippen molar-refractivity contribution in [3.63, 3.8) is 0 Å². The first-order chi connectivity index (χ1) is 12.3. The molecular weight excluding hydrogens is 349 g/mol. The number of piperidine rings is 1. The number of carbonyl (C=O) groups is 1. The van der Waals surface area contributed by atoms with E-state index >= 15 is 0 Å². The molecule has 2 heterocycles. The van der Waals surface area contributed by atoms with E-state index in [1.807, 2.05) is 11.8 Å². The molecule has 1 N–H and O–H groups in total. The number of alkyl halides is 3. The third-order valence-electron chi connectivity index (χ3n) is 4.59. The molecule has 1 aliphatic heterocycles. The van der Waals surface area contributed by atoms with E-state index in [2.05, 4.69) is 10.2 Å². The summed E-state index contributed by atoms with van der Waals surface area (Å²) in [5.41, 5.74) is -1.54. The molecule has 6 nitrogen and oxygen atoms in total. The average molecular weight is 368 g/mol. The molecule has 1 saturated heterocycles. The van der Waals surface area contributed by atoms with Crippen LogP contribution in [0, 0.1) is 0 Å². The van der Waals surface area contributed by atoms with Crippen LogP contribution in [0.15, 0.2) is 24.3 Å². The number of rotatable bonds is 4. The molecule has 0 radical (unpaired) electrons. The molecule has 2 aromatic rings. The molecule has 1 aromatic heterocycles. The second kappa shape index (κ2) is 6.97. The first kappa shape index (κ1) is 18.2. The fraction of sp³-hybridized carbons (Fsp3) is 0.471. The number of nitrogens with zero attached hydrogens (tertiary/aromatic N) is 4. The second-order valence-corrected chi connectivity index (χ2v) is 6.23. The summed E-state index contributed by atoms with van der Waals surface area (Å²) in [5, 5.41) is 17.5. The molecule has 9 heteroatoms. The highest BCUT2D eigenvalue weighted by molar-refractivity contribution is 5.91. The lowest BCUT2D eigenvalue weighted by Crippen LogP contribution is -2.40. The molecule has 26 heavy (non-hydrogen) atoms. The zero-order valence-electron chi connectivity index (χ0n) is 14.2. The molecule has 140 valence electrons. The number of hydrogen-bond donors (Lipinski definition) is 1. The summed E-state index contributed by atoms with van der Waals surface area (Å²) in [4.78, 5) is 14.3. The molecular formula is C17H19F3N4O2. The molecule has 1 aromatic carbocycles. The molecule has 0 spiro atoms. The zero-order valence-corrected chi connectivity index (χ0v) is 14.2. The Labute approximate surface area is 148 Å². The molecule has 1 atom stereocenters. The summed E-state index contributed by atoms with van der Waals surface area (Å²) in [5.74, 6) is -1.18. The number of halogens is 3. The minimum atomic E-state index is -4.59. The van der Waals surface area contributed by atoms with E-state index in [4.69, 9.17) is 0 Å². The SMILES string of the molecule is CCC1CCCCN1c1nn(-c2ccccc2C(F)(F)F)nc1C(=O)O. The number of anilines is 1. The van der Waals surface area contributed by atoms with Gasteiger partial charge in [-0.2, -0.15) is 13.2 Å². The van der Waals surface area contributed by atoms with Crippen molar-refractivity contribution >= 4 is 11.8 Å². The Balaban J connectivity index is 2.11. The largest absolute Gasteiger partial charge is 0.476 e. The second-order valence-electron chi connectivity index (χ2n) is 6.23. The van der Waals surface area contributed by atoms with E-state index in [1.165, 1.54) is 18.2 Å². The normalized spacial score (nSPS) is 18.2. The fourth-order valence-electron chi connectivity index (χ4n) is 3.33. The predicted molar refractivity (Wildman–Crippen MR) is 88.6 cm³/mol. The van der Waals surface area contributed by atoms with Gasteiger partial charge in [0, 0.05) is 12.6 Å².